The molecular weight excluding hydrogens is 285 g/mol. The standard InChI is InChI=1S/C10H4BrF3N2/c11-10-8(14)9(15-4-16-10)6-2-1-5(12)3-7(6)13/h1-4H. The van der Waals surface area contributed by atoms with Crippen LogP contribution in [0, 0.1) is 17.5 Å². The van der Waals surface area contributed by atoms with E-state index in [1.807, 2.05) is 0 Å². The molecule has 2 nitrogen and oxygen atoms in total. The van der Waals surface area contributed by atoms with Gasteiger partial charge in [-0.3, -0.25) is 0 Å². The van der Waals surface area contributed by atoms with Crippen LogP contribution >= 0.6 is 15.9 Å². The van der Waals surface area contributed by atoms with Crippen molar-refractivity contribution in [3.8, 4) is 11.3 Å². The predicted molar refractivity (Wildman–Crippen MR) is 55.0 cm³/mol. The smallest absolute Gasteiger partial charge is 0.182 e. The summed E-state index contributed by atoms with van der Waals surface area (Å²) in [4.78, 5) is 7.17. The average molecular weight is 289 g/mol. The fourth-order valence-electron chi connectivity index (χ4n) is 1.22. The van der Waals surface area contributed by atoms with Crippen LogP contribution in [0.4, 0.5) is 13.2 Å². The van der Waals surface area contributed by atoms with Crippen LogP contribution in [0.2, 0.25) is 0 Å². The van der Waals surface area contributed by atoms with Gasteiger partial charge in [0.25, 0.3) is 0 Å². The first kappa shape index (κ1) is 11.1. The Balaban J connectivity index is 2.63. The maximum absolute atomic E-state index is 13.5. The van der Waals surface area contributed by atoms with E-state index in [0.717, 1.165) is 18.5 Å². The molecule has 0 N–H and O–H groups in total. The summed E-state index contributed by atoms with van der Waals surface area (Å²) in [6.07, 6.45) is 1.09. The molecule has 82 valence electrons. The fourth-order valence-corrected chi connectivity index (χ4v) is 1.50. The second-order valence-electron chi connectivity index (χ2n) is 2.95. The fraction of sp³-hybridized carbons (Fsp3) is 0. The van der Waals surface area contributed by atoms with Gasteiger partial charge >= 0.3 is 0 Å². The Labute approximate surface area is 97.3 Å². The number of benzene rings is 1. The number of nitrogens with zero attached hydrogens (tertiary/aromatic N) is 2. The maximum Gasteiger partial charge on any atom is 0.182 e. The van der Waals surface area contributed by atoms with Crippen molar-refractivity contribution in [2.45, 2.75) is 0 Å². The SMILES string of the molecule is Fc1ccc(-c2ncnc(Br)c2F)c(F)c1. The molecule has 0 fully saturated rings. The number of hydrogen-bond acceptors (Lipinski definition) is 2. The molecule has 0 spiro atoms. The molecule has 0 saturated carbocycles. The summed E-state index contributed by atoms with van der Waals surface area (Å²) in [5.74, 6) is -2.38. The zero-order valence-corrected chi connectivity index (χ0v) is 9.30. The van der Waals surface area contributed by atoms with Crippen LogP contribution in [0.3, 0.4) is 0 Å². The minimum absolute atomic E-state index is 0.0683. The minimum atomic E-state index is -0.871. The van der Waals surface area contributed by atoms with Gasteiger partial charge in [-0.1, -0.05) is 0 Å². The third kappa shape index (κ3) is 1.92. The highest BCUT2D eigenvalue weighted by Gasteiger charge is 2.15. The lowest BCUT2D eigenvalue weighted by Crippen LogP contribution is -1.95. The number of aromatic nitrogens is 2. The molecule has 2 rings (SSSR count). The Hall–Kier alpha value is -1.43. The van der Waals surface area contributed by atoms with Crippen molar-refractivity contribution in [2.75, 3.05) is 0 Å². The van der Waals surface area contributed by atoms with Crippen LogP contribution in [0.15, 0.2) is 29.1 Å². The van der Waals surface area contributed by atoms with E-state index in [-0.39, 0.29) is 15.9 Å². The summed E-state index contributed by atoms with van der Waals surface area (Å²) in [7, 11) is 0. The van der Waals surface area contributed by atoms with Crippen molar-refractivity contribution in [2.24, 2.45) is 0 Å². The molecule has 1 aromatic heterocycles. The van der Waals surface area contributed by atoms with Gasteiger partial charge < -0.3 is 0 Å². The lowest BCUT2D eigenvalue weighted by molar-refractivity contribution is 0.579. The van der Waals surface area contributed by atoms with E-state index in [9.17, 15) is 13.2 Å². The first-order chi connectivity index (χ1) is 7.59. The molecule has 0 aliphatic carbocycles. The summed E-state index contributed by atoms with van der Waals surface area (Å²) >= 11 is 2.86. The quantitative estimate of drug-likeness (QED) is 0.753. The predicted octanol–water partition coefficient (Wildman–Crippen LogP) is 3.32. The maximum atomic E-state index is 13.5. The first-order valence-corrected chi connectivity index (χ1v) is 5.00. The summed E-state index contributed by atoms with van der Waals surface area (Å²) < 4.78 is 39.5. The van der Waals surface area contributed by atoms with Gasteiger partial charge in [0.15, 0.2) is 5.82 Å². The molecule has 1 aromatic carbocycles. The van der Waals surface area contributed by atoms with Gasteiger partial charge in [-0.05, 0) is 28.1 Å². The van der Waals surface area contributed by atoms with Crippen LogP contribution in [0.1, 0.15) is 0 Å². The van der Waals surface area contributed by atoms with Gasteiger partial charge in [0.1, 0.15) is 28.3 Å². The molecule has 16 heavy (non-hydrogen) atoms. The Morgan fingerprint density at radius 1 is 1.06 bits per heavy atom. The molecule has 0 unspecified atom stereocenters. The molecule has 0 bridgehead atoms. The van der Waals surface area contributed by atoms with Gasteiger partial charge in [0, 0.05) is 11.6 Å². The van der Waals surface area contributed by atoms with E-state index in [1.54, 1.807) is 0 Å². The topological polar surface area (TPSA) is 25.8 Å². The number of hydrogen-bond donors (Lipinski definition) is 0. The average Bonchev–Trinajstić information content (AvgIpc) is 2.23. The molecule has 0 amide bonds. The first-order valence-electron chi connectivity index (χ1n) is 4.21. The molecule has 2 aromatic rings. The Morgan fingerprint density at radius 3 is 2.50 bits per heavy atom. The summed E-state index contributed by atoms with van der Waals surface area (Å²) in [6, 6.07) is 2.83. The van der Waals surface area contributed by atoms with Crippen molar-refractivity contribution < 1.29 is 13.2 Å². The van der Waals surface area contributed by atoms with E-state index in [0.29, 0.717) is 6.07 Å². The van der Waals surface area contributed by atoms with E-state index >= 15 is 0 Å². The van der Waals surface area contributed by atoms with Crippen molar-refractivity contribution >= 4 is 15.9 Å². The zero-order valence-electron chi connectivity index (χ0n) is 7.72. The Morgan fingerprint density at radius 2 is 1.81 bits per heavy atom. The zero-order chi connectivity index (χ0) is 11.7. The highest BCUT2D eigenvalue weighted by atomic mass is 79.9. The third-order valence-electron chi connectivity index (χ3n) is 1.93. The van der Waals surface area contributed by atoms with Crippen molar-refractivity contribution in [3.05, 3.63) is 46.6 Å². The lowest BCUT2D eigenvalue weighted by atomic mass is 10.1. The van der Waals surface area contributed by atoms with Crippen molar-refractivity contribution in [1.29, 1.82) is 0 Å². The monoisotopic (exact) mass is 288 g/mol. The molecule has 6 heteroatoms. The van der Waals surface area contributed by atoms with E-state index in [2.05, 4.69) is 25.9 Å². The minimum Gasteiger partial charge on any atom is -0.233 e. The summed E-state index contributed by atoms with van der Waals surface area (Å²) in [5, 5.41) is 0. The van der Waals surface area contributed by atoms with E-state index in [1.165, 1.54) is 0 Å². The Kier molecular flexibility index (Phi) is 2.91. The number of halogens is 4. The van der Waals surface area contributed by atoms with Gasteiger partial charge in [-0.2, -0.15) is 0 Å². The van der Waals surface area contributed by atoms with Crippen LogP contribution < -0.4 is 0 Å². The molecule has 0 atom stereocenters. The van der Waals surface area contributed by atoms with Gasteiger partial charge in [0.2, 0.25) is 0 Å². The molecule has 0 saturated heterocycles. The lowest BCUT2D eigenvalue weighted by Gasteiger charge is -2.04. The van der Waals surface area contributed by atoms with Gasteiger partial charge in [-0.15, -0.1) is 0 Å². The normalized spacial score (nSPS) is 10.5. The molecular formula is C10H4BrF3N2. The molecule has 0 aliphatic rings. The van der Waals surface area contributed by atoms with Gasteiger partial charge in [-0.25, -0.2) is 23.1 Å². The third-order valence-corrected chi connectivity index (χ3v) is 2.49. The summed E-state index contributed by atoms with van der Waals surface area (Å²) in [6.45, 7) is 0. The van der Waals surface area contributed by atoms with Crippen molar-refractivity contribution in [3.63, 3.8) is 0 Å². The van der Waals surface area contributed by atoms with Crippen LogP contribution in [-0.2, 0) is 0 Å². The highest BCUT2D eigenvalue weighted by molar-refractivity contribution is 9.10. The number of rotatable bonds is 1. The largest absolute Gasteiger partial charge is 0.233 e. The van der Waals surface area contributed by atoms with E-state index in [4.69, 9.17) is 0 Å². The second kappa shape index (κ2) is 4.21. The molecule has 0 aliphatic heterocycles. The van der Waals surface area contributed by atoms with Crippen LogP contribution in [0.5, 0.6) is 0 Å². The second-order valence-corrected chi connectivity index (χ2v) is 3.70. The molecule has 1 heterocycles. The molecule has 0 radical (unpaired) electrons. The Bertz CT molecular complexity index is 546. The highest BCUT2D eigenvalue weighted by Crippen LogP contribution is 2.26. The van der Waals surface area contributed by atoms with Crippen LogP contribution in [0.25, 0.3) is 11.3 Å². The van der Waals surface area contributed by atoms with Gasteiger partial charge in [0.05, 0.1) is 0 Å². The summed E-state index contributed by atoms with van der Waals surface area (Å²) in [5.41, 5.74) is -0.318. The van der Waals surface area contributed by atoms with Crippen molar-refractivity contribution in [1.82, 2.24) is 9.97 Å². The van der Waals surface area contributed by atoms with Crippen LogP contribution in [-0.4, -0.2) is 9.97 Å². The van der Waals surface area contributed by atoms with E-state index < -0.39 is 17.5 Å².